The number of nitrogens with zero attached hydrogens (tertiary/aromatic N) is 1. The van der Waals surface area contributed by atoms with Gasteiger partial charge in [0.25, 0.3) is 0 Å². The molecule has 0 bridgehead atoms. The largest absolute Gasteiger partial charge is 0.462 e. The number of hydrogen-bond donors (Lipinski definition) is 0. The van der Waals surface area contributed by atoms with Gasteiger partial charge >= 0.3 is 5.97 Å². The molecule has 4 nitrogen and oxygen atoms in total. The molecule has 1 aromatic heterocycles. The maximum atomic E-state index is 11.3. The van der Waals surface area contributed by atoms with Crippen molar-refractivity contribution in [1.82, 2.24) is 4.98 Å². The van der Waals surface area contributed by atoms with E-state index >= 15 is 0 Å². The first-order valence-corrected chi connectivity index (χ1v) is 5.32. The van der Waals surface area contributed by atoms with E-state index in [2.05, 4.69) is 4.98 Å². The number of carbonyl (C=O) groups is 2. The Hall–Kier alpha value is -1.49. The summed E-state index contributed by atoms with van der Waals surface area (Å²) in [7, 11) is 0. The van der Waals surface area contributed by atoms with E-state index in [9.17, 15) is 9.59 Å². The van der Waals surface area contributed by atoms with Crippen LogP contribution in [0, 0.1) is 0 Å². The number of ether oxygens (including phenoxy) is 1. The predicted molar refractivity (Wildman–Crippen MR) is 57.8 cm³/mol. The molecule has 0 unspecified atom stereocenters. The topological polar surface area (TPSA) is 56.3 Å². The molecule has 0 spiro atoms. The average Bonchev–Trinajstić information content (AvgIpc) is 2.67. The van der Waals surface area contributed by atoms with Crippen LogP contribution in [0.15, 0.2) is 12.3 Å². The molecule has 1 heterocycles. The Morgan fingerprint density at radius 2 is 2.47 bits per heavy atom. The molecule has 15 heavy (non-hydrogen) atoms. The highest BCUT2D eigenvalue weighted by Gasteiger charge is 2.09. The molecule has 80 valence electrons. The van der Waals surface area contributed by atoms with Crippen molar-refractivity contribution in [2.24, 2.45) is 0 Å². The zero-order valence-electron chi connectivity index (χ0n) is 8.30. The fourth-order valence-electron chi connectivity index (χ4n) is 0.886. The maximum absolute atomic E-state index is 11.3. The van der Waals surface area contributed by atoms with Gasteiger partial charge in [0.15, 0.2) is 0 Å². The van der Waals surface area contributed by atoms with Crippen LogP contribution in [0.3, 0.4) is 0 Å². The van der Waals surface area contributed by atoms with Gasteiger partial charge < -0.3 is 9.53 Å². The fraction of sp³-hybridized carbons (Fsp3) is 0.300. The van der Waals surface area contributed by atoms with Gasteiger partial charge in [-0.25, -0.2) is 9.78 Å². The van der Waals surface area contributed by atoms with E-state index < -0.39 is 0 Å². The lowest BCUT2D eigenvalue weighted by molar-refractivity contribution is -0.107. The lowest BCUT2D eigenvalue weighted by Crippen LogP contribution is -2.01. The summed E-state index contributed by atoms with van der Waals surface area (Å²) in [5.41, 5.74) is 0. The van der Waals surface area contributed by atoms with E-state index in [1.165, 1.54) is 17.5 Å². The van der Waals surface area contributed by atoms with Crippen molar-refractivity contribution in [3.8, 4) is 0 Å². The summed E-state index contributed by atoms with van der Waals surface area (Å²) in [6, 6.07) is 0. The van der Waals surface area contributed by atoms with Crippen LogP contribution in [0.1, 0.15) is 28.0 Å². The minimum absolute atomic E-state index is 0.354. The quantitative estimate of drug-likeness (QED) is 0.567. The minimum atomic E-state index is -0.356. The van der Waals surface area contributed by atoms with Crippen molar-refractivity contribution in [2.45, 2.75) is 13.3 Å². The fourth-order valence-corrected chi connectivity index (χ4v) is 1.63. The van der Waals surface area contributed by atoms with Crippen LogP contribution in [0.4, 0.5) is 0 Å². The molecule has 0 aliphatic heterocycles. The van der Waals surface area contributed by atoms with Gasteiger partial charge in [0.05, 0.1) is 12.8 Å². The van der Waals surface area contributed by atoms with Crippen LogP contribution in [-0.2, 0) is 9.53 Å². The number of allylic oxidation sites excluding steroid dienone is 1. The molecule has 5 heteroatoms. The lowest BCUT2D eigenvalue weighted by atomic mass is 10.4. The molecule has 0 fully saturated rings. The highest BCUT2D eigenvalue weighted by molar-refractivity contribution is 7.14. The maximum Gasteiger partial charge on any atom is 0.349 e. The van der Waals surface area contributed by atoms with Crippen molar-refractivity contribution in [1.29, 1.82) is 0 Å². The van der Waals surface area contributed by atoms with Crippen molar-refractivity contribution in [2.75, 3.05) is 6.61 Å². The molecule has 0 radical (unpaired) electrons. The van der Waals surface area contributed by atoms with Crippen LogP contribution >= 0.6 is 11.3 Å². The number of aldehydes is 1. The summed E-state index contributed by atoms with van der Waals surface area (Å²) in [4.78, 5) is 25.8. The van der Waals surface area contributed by atoms with Gasteiger partial charge in [-0.2, -0.15) is 0 Å². The van der Waals surface area contributed by atoms with Crippen molar-refractivity contribution < 1.29 is 14.3 Å². The molecule has 1 aromatic rings. The highest BCUT2D eigenvalue weighted by atomic mass is 32.1. The number of rotatable bonds is 5. The molecule has 0 N–H and O–H groups in total. The van der Waals surface area contributed by atoms with Crippen LogP contribution < -0.4 is 0 Å². The standard InChI is InChI=1S/C10H11NO3S/c1-2-14-10(13)8-7-11-9(15-8)5-3-4-6-12/h3,5-7H,2,4H2,1H3. The molecule has 0 aliphatic rings. The molecule has 0 aliphatic carbocycles. The Bertz CT molecular complexity index is 370. The first-order chi connectivity index (χ1) is 7.27. The smallest absolute Gasteiger partial charge is 0.349 e. The Kier molecular flexibility index (Phi) is 4.70. The summed E-state index contributed by atoms with van der Waals surface area (Å²) in [6.45, 7) is 2.11. The van der Waals surface area contributed by atoms with Gasteiger partial charge in [-0.1, -0.05) is 6.08 Å². The minimum Gasteiger partial charge on any atom is -0.462 e. The Balaban J connectivity index is 2.63. The molecule has 0 saturated carbocycles. The zero-order chi connectivity index (χ0) is 11.1. The summed E-state index contributed by atoms with van der Waals surface area (Å²) in [5, 5.41) is 0.694. The van der Waals surface area contributed by atoms with Gasteiger partial charge in [0.1, 0.15) is 16.2 Å². The van der Waals surface area contributed by atoms with Gasteiger partial charge in [0.2, 0.25) is 0 Å². The van der Waals surface area contributed by atoms with E-state index in [0.717, 1.165) is 6.29 Å². The summed E-state index contributed by atoms with van der Waals surface area (Å²) in [5.74, 6) is -0.356. The summed E-state index contributed by atoms with van der Waals surface area (Å²) < 4.78 is 4.82. The highest BCUT2D eigenvalue weighted by Crippen LogP contribution is 2.15. The zero-order valence-corrected chi connectivity index (χ0v) is 9.12. The van der Waals surface area contributed by atoms with E-state index in [0.29, 0.717) is 22.9 Å². The van der Waals surface area contributed by atoms with Crippen LogP contribution in [0.2, 0.25) is 0 Å². The van der Waals surface area contributed by atoms with E-state index in [1.54, 1.807) is 19.1 Å². The third kappa shape index (κ3) is 3.63. The van der Waals surface area contributed by atoms with Crippen LogP contribution in [-0.4, -0.2) is 23.8 Å². The number of thiazole rings is 1. The molecule has 0 amide bonds. The molecular formula is C10H11NO3S. The van der Waals surface area contributed by atoms with Gasteiger partial charge in [-0.3, -0.25) is 0 Å². The summed E-state index contributed by atoms with van der Waals surface area (Å²) >= 11 is 1.24. The molecule has 1 rings (SSSR count). The number of aromatic nitrogens is 1. The van der Waals surface area contributed by atoms with E-state index in [1.807, 2.05) is 0 Å². The second-order valence-electron chi connectivity index (χ2n) is 2.59. The number of hydrogen-bond acceptors (Lipinski definition) is 5. The predicted octanol–water partition coefficient (Wildman–Crippen LogP) is 1.92. The summed E-state index contributed by atoms with van der Waals surface area (Å²) in [6.07, 6.45) is 6.04. The van der Waals surface area contributed by atoms with Gasteiger partial charge in [-0.05, 0) is 13.0 Å². The third-order valence-corrected chi connectivity index (χ3v) is 2.44. The molecular weight excluding hydrogens is 214 g/mol. The lowest BCUT2D eigenvalue weighted by Gasteiger charge is -1.95. The van der Waals surface area contributed by atoms with Crippen molar-refractivity contribution >= 4 is 29.7 Å². The van der Waals surface area contributed by atoms with Crippen LogP contribution in [0.5, 0.6) is 0 Å². The average molecular weight is 225 g/mol. The second-order valence-corrected chi connectivity index (χ2v) is 3.65. The Morgan fingerprint density at radius 1 is 1.67 bits per heavy atom. The van der Waals surface area contributed by atoms with Crippen molar-refractivity contribution in [3.05, 3.63) is 22.2 Å². The third-order valence-electron chi connectivity index (χ3n) is 1.49. The Labute approximate surface area is 91.6 Å². The van der Waals surface area contributed by atoms with E-state index in [4.69, 9.17) is 4.74 Å². The van der Waals surface area contributed by atoms with Gasteiger partial charge in [-0.15, -0.1) is 11.3 Å². The first kappa shape index (κ1) is 11.6. The number of esters is 1. The molecule has 0 aromatic carbocycles. The number of carbonyl (C=O) groups excluding carboxylic acids is 2. The molecule has 0 atom stereocenters. The SMILES string of the molecule is CCOC(=O)c1cnc(C=CCC=O)s1. The normalized spacial score (nSPS) is 10.5. The second kappa shape index (κ2) is 6.08. The van der Waals surface area contributed by atoms with Gasteiger partial charge in [0, 0.05) is 6.42 Å². The van der Waals surface area contributed by atoms with Crippen LogP contribution in [0.25, 0.3) is 6.08 Å². The van der Waals surface area contributed by atoms with E-state index in [-0.39, 0.29) is 5.97 Å². The first-order valence-electron chi connectivity index (χ1n) is 4.51. The van der Waals surface area contributed by atoms with Crippen molar-refractivity contribution in [3.63, 3.8) is 0 Å². The Morgan fingerprint density at radius 3 is 3.13 bits per heavy atom. The monoisotopic (exact) mass is 225 g/mol. The molecule has 0 saturated heterocycles.